The van der Waals surface area contributed by atoms with Crippen molar-refractivity contribution in [2.24, 2.45) is 4.99 Å². The van der Waals surface area contributed by atoms with E-state index in [0.29, 0.717) is 37.8 Å². The molecule has 1 unspecified atom stereocenters. The lowest BCUT2D eigenvalue weighted by molar-refractivity contribution is 0.223. The Labute approximate surface area is 155 Å². The average Bonchev–Trinajstić information content (AvgIpc) is 2.62. The first-order valence-electron chi connectivity index (χ1n) is 8.59. The van der Waals surface area contributed by atoms with E-state index in [4.69, 9.17) is 4.74 Å². The maximum atomic E-state index is 12.9. The molecule has 1 rings (SSSR count). The number of ether oxygens (including phenoxy) is 1. The number of sulfonamides is 1. The van der Waals surface area contributed by atoms with Gasteiger partial charge in [0.15, 0.2) is 5.96 Å². The van der Waals surface area contributed by atoms with Gasteiger partial charge in [0, 0.05) is 27.2 Å². The van der Waals surface area contributed by atoms with Gasteiger partial charge in [-0.25, -0.2) is 17.1 Å². The number of halogens is 1. The first-order valence-corrected chi connectivity index (χ1v) is 10.2. The molecule has 0 bridgehead atoms. The monoisotopic (exact) mass is 388 g/mol. The van der Waals surface area contributed by atoms with Crippen molar-refractivity contribution in [2.75, 3.05) is 39.5 Å². The number of hydrogen-bond donors (Lipinski definition) is 2. The van der Waals surface area contributed by atoms with Gasteiger partial charge in [-0.05, 0) is 44.5 Å². The molecule has 0 saturated carbocycles. The molecule has 0 aromatic heterocycles. The van der Waals surface area contributed by atoms with Crippen LogP contribution in [0.25, 0.3) is 0 Å². The van der Waals surface area contributed by atoms with Crippen molar-refractivity contribution in [3.63, 3.8) is 0 Å². The van der Waals surface area contributed by atoms with E-state index in [1.165, 1.54) is 16.4 Å². The quantitative estimate of drug-likeness (QED) is 0.360. The largest absolute Gasteiger partial charge is 0.489 e. The number of hydrogen-bond acceptors (Lipinski definition) is 4. The van der Waals surface area contributed by atoms with Gasteiger partial charge >= 0.3 is 0 Å². The van der Waals surface area contributed by atoms with Crippen molar-refractivity contribution in [1.29, 1.82) is 0 Å². The fraction of sp³-hybridized carbons (Fsp3) is 0.588. The molecule has 26 heavy (non-hydrogen) atoms. The summed E-state index contributed by atoms with van der Waals surface area (Å²) in [5.41, 5.74) is 0. The van der Waals surface area contributed by atoms with E-state index in [1.807, 2.05) is 6.92 Å². The summed E-state index contributed by atoms with van der Waals surface area (Å²) in [6.45, 7) is 5.08. The highest BCUT2D eigenvalue weighted by Gasteiger charge is 2.14. The number of benzene rings is 1. The smallest absolute Gasteiger partial charge is 0.213 e. The summed E-state index contributed by atoms with van der Waals surface area (Å²) in [6.07, 6.45) is 0.526. The molecule has 9 heteroatoms. The van der Waals surface area contributed by atoms with Crippen LogP contribution in [0.1, 0.15) is 20.3 Å². The van der Waals surface area contributed by atoms with Crippen LogP contribution in [-0.4, -0.2) is 64.3 Å². The number of aliphatic imine (C=N–C) groups is 1. The van der Waals surface area contributed by atoms with Crippen LogP contribution in [0.15, 0.2) is 29.3 Å². The zero-order chi connectivity index (χ0) is 19.6. The summed E-state index contributed by atoms with van der Waals surface area (Å²) in [7, 11) is 0.106. The highest BCUT2D eigenvalue weighted by molar-refractivity contribution is 7.89. The van der Waals surface area contributed by atoms with Gasteiger partial charge in [-0.15, -0.1) is 0 Å². The average molecular weight is 389 g/mol. The van der Waals surface area contributed by atoms with Gasteiger partial charge in [0.1, 0.15) is 17.7 Å². The Kier molecular flexibility index (Phi) is 9.36. The minimum Gasteiger partial charge on any atom is -0.489 e. The third-order valence-corrected chi connectivity index (χ3v) is 5.58. The van der Waals surface area contributed by atoms with Crippen molar-refractivity contribution in [3.8, 4) is 5.75 Å². The standard InChI is InChI=1S/C17H29FN4O3S/c1-5-26(23,24)22(4)12-6-11-20-17(19-3)21-13-14(2)25-16-9-7-15(18)8-10-16/h7-10,14H,5-6,11-13H2,1-4H3,(H2,19,20,21). The molecule has 0 aliphatic heterocycles. The van der Waals surface area contributed by atoms with Crippen molar-refractivity contribution < 1.29 is 17.5 Å². The molecule has 0 fully saturated rings. The molecule has 1 atom stereocenters. The Hall–Kier alpha value is -1.87. The molecule has 0 spiro atoms. The van der Waals surface area contributed by atoms with Gasteiger partial charge < -0.3 is 15.4 Å². The second-order valence-corrected chi connectivity index (χ2v) is 8.20. The summed E-state index contributed by atoms with van der Waals surface area (Å²) in [4.78, 5) is 4.12. The van der Waals surface area contributed by atoms with Gasteiger partial charge in [0.2, 0.25) is 10.0 Å². The molecule has 2 N–H and O–H groups in total. The Morgan fingerprint density at radius 1 is 1.31 bits per heavy atom. The number of rotatable bonds is 10. The molecular weight excluding hydrogens is 359 g/mol. The van der Waals surface area contributed by atoms with Crippen molar-refractivity contribution in [1.82, 2.24) is 14.9 Å². The van der Waals surface area contributed by atoms with Crippen molar-refractivity contribution >= 4 is 16.0 Å². The highest BCUT2D eigenvalue weighted by Crippen LogP contribution is 2.12. The molecule has 148 valence electrons. The summed E-state index contributed by atoms with van der Waals surface area (Å²) < 4.78 is 43.3. The van der Waals surface area contributed by atoms with Gasteiger partial charge in [-0.2, -0.15) is 0 Å². The van der Waals surface area contributed by atoms with E-state index in [9.17, 15) is 12.8 Å². The highest BCUT2D eigenvalue weighted by atomic mass is 32.2. The summed E-state index contributed by atoms with van der Waals surface area (Å²) in [5, 5.41) is 6.27. The van der Waals surface area contributed by atoms with Crippen LogP contribution in [0.4, 0.5) is 4.39 Å². The van der Waals surface area contributed by atoms with E-state index in [1.54, 1.807) is 33.2 Å². The Balaban J connectivity index is 2.29. The molecule has 0 saturated heterocycles. The van der Waals surface area contributed by atoms with Gasteiger partial charge in [-0.3, -0.25) is 4.99 Å². The molecule has 0 aliphatic carbocycles. The van der Waals surface area contributed by atoms with Crippen LogP contribution in [0.5, 0.6) is 5.75 Å². The van der Waals surface area contributed by atoms with E-state index >= 15 is 0 Å². The van der Waals surface area contributed by atoms with Crippen molar-refractivity contribution in [3.05, 3.63) is 30.1 Å². The van der Waals surface area contributed by atoms with Crippen LogP contribution in [-0.2, 0) is 10.0 Å². The second-order valence-electron chi connectivity index (χ2n) is 5.84. The molecular formula is C17H29FN4O3S. The molecule has 1 aromatic carbocycles. The molecule has 0 radical (unpaired) electrons. The van der Waals surface area contributed by atoms with E-state index in [2.05, 4.69) is 15.6 Å². The predicted octanol–water partition coefficient (Wildman–Crippen LogP) is 1.43. The minimum absolute atomic E-state index is 0.103. The number of nitrogens with zero attached hydrogens (tertiary/aromatic N) is 2. The SMILES string of the molecule is CCS(=O)(=O)N(C)CCCNC(=NC)NCC(C)Oc1ccc(F)cc1. The van der Waals surface area contributed by atoms with Crippen LogP contribution >= 0.6 is 0 Å². The zero-order valence-electron chi connectivity index (χ0n) is 15.8. The van der Waals surface area contributed by atoms with Crippen LogP contribution in [0, 0.1) is 5.82 Å². The molecule has 0 amide bonds. The third-order valence-electron chi connectivity index (χ3n) is 3.71. The van der Waals surface area contributed by atoms with Gasteiger partial charge in [0.05, 0.1) is 12.3 Å². The maximum absolute atomic E-state index is 12.9. The van der Waals surface area contributed by atoms with E-state index in [-0.39, 0.29) is 17.7 Å². The normalized spacial score (nSPS) is 13.5. The van der Waals surface area contributed by atoms with Crippen LogP contribution < -0.4 is 15.4 Å². The Morgan fingerprint density at radius 2 is 1.96 bits per heavy atom. The summed E-state index contributed by atoms with van der Waals surface area (Å²) in [5.74, 6) is 1.01. The summed E-state index contributed by atoms with van der Waals surface area (Å²) >= 11 is 0. The van der Waals surface area contributed by atoms with E-state index in [0.717, 1.165) is 0 Å². The Bertz CT molecular complexity index is 665. The fourth-order valence-corrected chi connectivity index (χ4v) is 2.96. The molecule has 0 aliphatic rings. The number of nitrogens with one attached hydrogen (secondary N) is 2. The second kappa shape index (κ2) is 11.0. The first kappa shape index (κ1) is 22.2. The molecule has 1 aromatic rings. The van der Waals surface area contributed by atoms with Crippen molar-refractivity contribution in [2.45, 2.75) is 26.4 Å². The van der Waals surface area contributed by atoms with Crippen LogP contribution in [0.2, 0.25) is 0 Å². The lowest BCUT2D eigenvalue weighted by atomic mass is 10.3. The maximum Gasteiger partial charge on any atom is 0.213 e. The van der Waals surface area contributed by atoms with Crippen LogP contribution in [0.3, 0.4) is 0 Å². The Morgan fingerprint density at radius 3 is 2.54 bits per heavy atom. The van der Waals surface area contributed by atoms with Gasteiger partial charge in [-0.1, -0.05) is 0 Å². The zero-order valence-corrected chi connectivity index (χ0v) is 16.6. The lowest BCUT2D eigenvalue weighted by Gasteiger charge is -2.19. The summed E-state index contributed by atoms with van der Waals surface area (Å²) in [6, 6.07) is 5.87. The lowest BCUT2D eigenvalue weighted by Crippen LogP contribution is -2.42. The minimum atomic E-state index is -3.14. The molecule has 7 nitrogen and oxygen atoms in total. The fourth-order valence-electron chi connectivity index (χ4n) is 2.12. The van der Waals surface area contributed by atoms with Gasteiger partial charge in [0.25, 0.3) is 0 Å². The third kappa shape index (κ3) is 8.01. The first-order chi connectivity index (χ1) is 12.3. The predicted molar refractivity (Wildman–Crippen MR) is 103 cm³/mol. The molecule has 0 heterocycles. The topological polar surface area (TPSA) is 83.0 Å². The van der Waals surface area contributed by atoms with E-state index < -0.39 is 10.0 Å². The number of guanidine groups is 1.